The van der Waals surface area contributed by atoms with Gasteiger partial charge in [0, 0.05) is 18.2 Å². The zero-order valence-corrected chi connectivity index (χ0v) is 17.6. The molecule has 6 heteroatoms. The third-order valence-corrected chi connectivity index (χ3v) is 6.58. The number of carbonyl (C=O) groups is 1. The molecule has 1 saturated heterocycles. The van der Waals surface area contributed by atoms with E-state index in [2.05, 4.69) is 25.9 Å². The van der Waals surface area contributed by atoms with E-state index in [1.807, 2.05) is 4.90 Å². The van der Waals surface area contributed by atoms with E-state index in [4.69, 9.17) is 27.7 Å². The van der Waals surface area contributed by atoms with Crippen molar-refractivity contribution in [1.29, 1.82) is 0 Å². The van der Waals surface area contributed by atoms with E-state index in [0.29, 0.717) is 32.6 Å². The van der Waals surface area contributed by atoms with Gasteiger partial charge < -0.3 is 9.42 Å². The molecule has 0 radical (unpaired) electrons. The Balaban J connectivity index is 1.76. The van der Waals surface area contributed by atoms with Crippen molar-refractivity contribution < 1.29 is 9.32 Å². The Morgan fingerprint density at radius 2 is 1.89 bits per heavy atom. The Morgan fingerprint density at radius 1 is 1.22 bits per heavy atom. The second-order valence-corrected chi connectivity index (χ2v) is 10.0. The van der Waals surface area contributed by atoms with Crippen LogP contribution in [0.15, 0.2) is 22.7 Å². The predicted molar refractivity (Wildman–Crippen MR) is 107 cm³/mol. The van der Waals surface area contributed by atoms with Crippen LogP contribution in [0.3, 0.4) is 0 Å². The summed E-state index contributed by atoms with van der Waals surface area (Å²) in [6.45, 7) is 9.42. The smallest absolute Gasteiger partial charge is 0.260 e. The molecule has 2 fully saturated rings. The third kappa shape index (κ3) is 3.17. The number of fused-ring (bicyclic) bond motifs is 2. The number of likely N-dealkylation sites (tertiary alicyclic amines) is 1. The van der Waals surface area contributed by atoms with Crippen LogP contribution in [0.25, 0.3) is 11.3 Å². The van der Waals surface area contributed by atoms with E-state index in [1.54, 1.807) is 25.1 Å². The number of carbonyl (C=O) groups excluding carboxylic acids is 1. The first kappa shape index (κ1) is 18.8. The van der Waals surface area contributed by atoms with E-state index < -0.39 is 0 Å². The van der Waals surface area contributed by atoms with Crippen molar-refractivity contribution in [3.63, 3.8) is 0 Å². The van der Waals surface area contributed by atoms with Crippen molar-refractivity contribution in [1.82, 2.24) is 10.1 Å². The average molecular weight is 407 g/mol. The molecule has 2 aliphatic rings. The van der Waals surface area contributed by atoms with Gasteiger partial charge in [-0.05, 0) is 49.1 Å². The van der Waals surface area contributed by atoms with Crippen molar-refractivity contribution in [3.8, 4) is 11.3 Å². The summed E-state index contributed by atoms with van der Waals surface area (Å²) >= 11 is 12.7. The van der Waals surface area contributed by atoms with Gasteiger partial charge in [-0.2, -0.15) is 0 Å². The van der Waals surface area contributed by atoms with Crippen LogP contribution in [0.2, 0.25) is 10.0 Å². The molecule has 1 aliphatic heterocycles. The molecule has 1 aliphatic carbocycles. The minimum absolute atomic E-state index is 0.0360. The van der Waals surface area contributed by atoms with E-state index in [0.717, 1.165) is 25.8 Å². The molecule has 1 aromatic heterocycles. The van der Waals surface area contributed by atoms with Crippen molar-refractivity contribution in [2.24, 2.45) is 10.8 Å². The molecule has 2 bridgehead atoms. The molecular weight excluding hydrogens is 383 g/mol. The Bertz CT molecular complexity index is 901. The highest BCUT2D eigenvalue weighted by Crippen LogP contribution is 2.53. The molecule has 27 heavy (non-hydrogen) atoms. The molecule has 144 valence electrons. The second kappa shape index (κ2) is 6.25. The number of rotatable bonds is 2. The van der Waals surface area contributed by atoms with Gasteiger partial charge in [-0.25, -0.2) is 0 Å². The highest BCUT2D eigenvalue weighted by Gasteiger charge is 2.51. The van der Waals surface area contributed by atoms with E-state index in [9.17, 15) is 4.79 Å². The first-order chi connectivity index (χ1) is 12.6. The minimum Gasteiger partial charge on any atom is -0.360 e. The molecular formula is C21H24Cl2N2O2. The number of aromatic nitrogens is 1. The van der Waals surface area contributed by atoms with Gasteiger partial charge in [-0.1, -0.05) is 55.2 Å². The zero-order valence-electron chi connectivity index (χ0n) is 16.1. The summed E-state index contributed by atoms with van der Waals surface area (Å²) in [5, 5.41) is 5.05. The van der Waals surface area contributed by atoms with Gasteiger partial charge in [0.05, 0.1) is 10.0 Å². The Hall–Kier alpha value is -1.52. The topological polar surface area (TPSA) is 46.3 Å². The maximum absolute atomic E-state index is 13.6. The summed E-state index contributed by atoms with van der Waals surface area (Å²) in [6.07, 6.45) is 3.20. The summed E-state index contributed by atoms with van der Waals surface area (Å²) in [4.78, 5) is 15.6. The summed E-state index contributed by atoms with van der Waals surface area (Å²) < 4.78 is 5.40. The maximum atomic E-state index is 13.6. The van der Waals surface area contributed by atoms with E-state index in [-0.39, 0.29) is 22.8 Å². The van der Waals surface area contributed by atoms with Gasteiger partial charge in [0.25, 0.3) is 5.91 Å². The van der Waals surface area contributed by atoms with Crippen LogP contribution < -0.4 is 0 Å². The number of hydrogen-bond acceptors (Lipinski definition) is 3. The third-order valence-electron chi connectivity index (χ3n) is 5.95. The lowest BCUT2D eigenvalue weighted by atomic mass is 9.65. The summed E-state index contributed by atoms with van der Waals surface area (Å²) in [5.41, 5.74) is 1.85. The van der Waals surface area contributed by atoms with Crippen molar-refractivity contribution >= 4 is 29.1 Å². The average Bonchev–Trinajstić information content (AvgIpc) is 3.03. The van der Waals surface area contributed by atoms with Crippen LogP contribution in [0.4, 0.5) is 0 Å². The van der Waals surface area contributed by atoms with Crippen LogP contribution >= 0.6 is 23.2 Å². The monoisotopic (exact) mass is 406 g/mol. The first-order valence-electron chi connectivity index (χ1n) is 9.32. The minimum atomic E-state index is -0.0360. The number of benzene rings is 1. The predicted octanol–water partition coefficient (Wildman–Crippen LogP) is 6.00. The SMILES string of the molecule is Cc1onc(-c2c(Cl)cccc2Cl)c1C(=O)N1C[C@@]2(C)C[C@@H]1CC(C)(C)C2. The number of halogens is 2. The van der Waals surface area contributed by atoms with E-state index >= 15 is 0 Å². The lowest BCUT2D eigenvalue weighted by Crippen LogP contribution is -2.38. The van der Waals surface area contributed by atoms with E-state index in [1.165, 1.54) is 0 Å². The highest BCUT2D eigenvalue weighted by atomic mass is 35.5. The Kier molecular flexibility index (Phi) is 4.36. The molecule has 4 rings (SSSR count). The largest absolute Gasteiger partial charge is 0.360 e. The maximum Gasteiger partial charge on any atom is 0.260 e. The van der Waals surface area contributed by atoms with Gasteiger partial charge >= 0.3 is 0 Å². The first-order valence-corrected chi connectivity index (χ1v) is 10.1. The summed E-state index contributed by atoms with van der Waals surface area (Å²) in [6, 6.07) is 5.51. The number of hydrogen-bond donors (Lipinski definition) is 0. The van der Waals surface area contributed by atoms with Crippen LogP contribution in [-0.2, 0) is 0 Å². The van der Waals surface area contributed by atoms with Crippen LogP contribution in [0.5, 0.6) is 0 Å². The van der Waals surface area contributed by atoms with Gasteiger partial charge in [0.2, 0.25) is 0 Å². The standard InChI is InChI=1S/C21H24Cl2N2O2/c1-12-16(18(24-27-12)17-14(22)6-5-7-15(17)23)19(26)25-11-21(4)9-13(25)8-20(2,3)10-21/h5-7,13H,8-11H2,1-4H3/t13-,21-/m0/s1. The molecule has 0 spiro atoms. The number of aryl methyl sites for hydroxylation is 1. The van der Waals surface area contributed by atoms with Gasteiger partial charge in [-0.15, -0.1) is 0 Å². The fourth-order valence-electron chi connectivity index (χ4n) is 5.36. The van der Waals surface area contributed by atoms with Gasteiger partial charge in [0.15, 0.2) is 0 Å². The van der Waals surface area contributed by atoms with Gasteiger partial charge in [0.1, 0.15) is 17.0 Å². The van der Waals surface area contributed by atoms with Crippen LogP contribution in [-0.4, -0.2) is 28.6 Å². The van der Waals surface area contributed by atoms with Crippen molar-refractivity contribution in [2.45, 2.75) is 53.0 Å². The fraction of sp³-hybridized carbons (Fsp3) is 0.524. The molecule has 2 heterocycles. The van der Waals surface area contributed by atoms with Crippen LogP contribution in [0.1, 0.15) is 56.2 Å². The summed E-state index contributed by atoms with van der Waals surface area (Å²) in [7, 11) is 0. The zero-order chi connectivity index (χ0) is 19.6. The van der Waals surface area contributed by atoms with Gasteiger partial charge in [-0.3, -0.25) is 4.79 Å². The lowest BCUT2D eigenvalue weighted by Gasteiger charge is -2.39. The summed E-state index contributed by atoms with van der Waals surface area (Å²) in [5.74, 6) is 0.461. The molecule has 0 unspecified atom stereocenters. The van der Waals surface area contributed by atoms with Crippen molar-refractivity contribution in [2.75, 3.05) is 6.54 Å². The molecule has 1 saturated carbocycles. The molecule has 4 nitrogen and oxygen atoms in total. The number of amides is 1. The molecule has 1 amide bonds. The highest BCUT2D eigenvalue weighted by molar-refractivity contribution is 6.39. The molecule has 1 aromatic carbocycles. The molecule has 2 aromatic rings. The normalized spacial score (nSPS) is 26.4. The van der Waals surface area contributed by atoms with Crippen LogP contribution in [0, 0.1) is 17.8 Å². The van der Waals surface area contributed by atoms with Crippen molar-refractivity contribution in [3.05, 3.63) is 39.6 Å². The molecule has 2 atom stereocenters. The second-order valence-electron chi connectivity index (χ2n) is 9.21. The Morgan fingerprint density at radius 3 is 2.56 bits per heavy atom. The molecule has 0 N–H and O–H groups in total. The lowest BCUT2D eigenvalue weighted by molar-refractivity contribution is 0.0707. The quantitative estimate of drug-likeness (QED) is 0.614. The Labute approximate surface area is 169 Å². The number of nitrogens with zero attached hydrogens (tertiary/aromatic N) is 2. The fourth-order valence-corrected chi connectivity index (χ4v) is 5.94.